The van der Waals surface area contributed by atoms with E-state index >= 15 is 0 Å². The van der Waals surface area contributed by atoms with E-state index in [-0.39, 0.29) is 5.69 Å². The number of nitrogens with zero attached hydrogens (tertiary/aromatic N) is 2. The first-order chi connectivity index (χ1) is 8.80. The van der Waals surface area contributed by atoms with Crippen molar-refractivity contribution in [1.29, 1.82) is 0 Å². The lowest BCUT2D eigenvalue weighted by atomic mass is 10.3. The van der Waals surface area contributed by atoms with Crippen LogP contribution in [-0.2, 0) is 10.0 Å². The summed E-state index contributed by atoms with van der Waals surface area (Å²) < 4.78 is 25.8. The molecule has 19 heavy (non-hydrogen) atoms. The van der Waals surface area contributed by atoms with E-state index in [1.165, 1.54) is 28.6 Å². The zero-order valence-electron chi connectivity index (χ0n) is 11.2. The van der Waals surface area contributed by atoms with Gasteiger partial charge in [0, 0.05) is 18.7 Å². The van der Waals surface area contributed by atoms with Gasteiger partial charge in [0.25, 0.3) is 5.69 Å². The third-order valence-electron chi connectivity index (χ3n) is 2.68. The number of hydrogen-bond donors (Lipinski definition) is 0. The van der Waals surface area contributed by atoms with Crippen LogP contribution in [0.15, 0.2) is 24.3 Å². The zero-order valence-corrected chi connectivity index (χ0v) is 12.1. The van der Waals surface area contributed by atoms with Gasteiger partial charge in [-0.3, -0.25) is 14.4 Å². The van der Waals surface area contributed by atoms with Crippen LogP contribution >= 0.6 is 0 Å². The number of sulfonamides is 1. The van der Waals surface area contributed by atoms with Crippen LogP contribution in [0, 0.1) is 10.1 Å². The van der Waals surface area contributed by atoms with Crippen molar-refractivity contribution in [2.24, 2.45) is 0 Å². The summed E-state index contributed by atoms with van der Waals surface area (Å²) in [5.41, 5.74) is 0.406. The molecule has 0 aliphatic heterocycles. The molecule has 0 unspecified atom stereocenters. The minimum Gasteiger partial charge on any atom is -0.270 e. The maximum atomic E-state index is 12.2. The number of benzene rings is 1. The minimum absolute atomic E-state index is 0.0536. The molecule has 0 amide bonds. The van der Waals surface area contributed by atoms with Crippen molar-refractivity contribution >= 4 is 21.4 Å². The molecule has 0 heterocycles. The third-order valence-corrected chi connectivity index (χ3v) is 4.88. The first kappa shape index (κ1) is 15.4. The van der Waals surface area contributed by atoms with E-state index in [4.69, 9.17) is 0 Å². The maximum absolute atomic E-state index is 12.2. The van der Waals surface area contributed by atoms with Crippen LogP contribution < -0.4 is 4.31 Å². The van der Waals surface area contributed by atoms with Gasteiger partial charge < -0.3 is 0 Å². The average molecular weight is 286 g/mol. The van der Waals surface area contributed by atoms with Crippen molar-refractivity contribution in [2.45, 2.75) is 32.4 Å². The van der Waals surface area contributed by atoms with Gasteiger partial charge in [0.15, 0.2) is 0 Å². The Hall–Kier alpha value is -1.63. The largest absolute Gasteiger partial charge is 0.270 e. The fourth-order valence-corrected chi connectivity index (χ4v) is 2.96. The Bertz CT molecular complexity index is 537. The molecule has 0 N–H and O–H groups in total. The molecule has 0 saturated carbocycles. The molecule has 0 spiro atoms. The Morgan fingerprint density at radius 2 is 1.79 bits per heavy atom. The van der Waals surface area contributed by atoms with Crippen LogP contribution in [0.4, 0.5) is 11.4 Å². The van der Waals surface area contributed by atoms with Crippen molar-refractivity contribution in [3.63, 3.8) is 0 Å². The van der Waals surface area contributed by atoms with Gasteiger partial charge in [-0.2, -0.15) is 0 Å². The summed E-state index contributed by atoms with van der Waals surface area (Å²) in [6.45, 7) is 5.47. The van der Waals surface area contributed by atoms with Crippen LogP contribution in [0.2, 0.25) is 0 Å². The summed E-state index contributed by atoms with van der Waals surface area (Å²) in [5.74, 6) is 0. The summed E-state index contributed by atoms with van der Waals surface area (Å²) in [7, 11) is -3.42. The van der Waals surface area contributed by atoms with Gasteiger partial charge in [0.1, 0.15) is 0 Å². The molecule has 1 aromatic rings. The predicted octanol–water partition coefficient (Wildman–Crippen LogP) is 2.55. The molecule has 106 valence electrons. The number of anilines is 1. The number of non-ortho nitro benzene ring substituents is 1. The summed E-state index contributed by atoms with van der Waals surface area (Å²) in [6, 6.07) is 5.56. The molecule has 0 aliphatic carbocycles. The van der Waals surface area contributed by atoms with Crippen LogP contribution in [0.25, 0.3) is 0 Å². The highest BCUT2D eigenvalue weighted by Gasteiger charge is 2.25. The van der Waals surface area contributed by atoms with E-state index in [0.717, 1.165) is 0 Å². The molecule has 1 rings (SSSR count). The summed E-state index contributed by atoms with van der Waals surface area (Å²) in [4.78, 5) is 10.1. The number of hydrogen-bond acceptors (Lipinski definition) is 4. The predicted molar refractivity (Wildman–Crippen MR) is 74.8 cm³/mol. The van der Waals surface area contributed by atoms with E-state index in [1.54, 1.807) is 13.8 Å². The van der Waals surface area contributed by atoms with Crippen LogP contribution in [-0.4, -0.2) is 25.1 Å². The lowest BCUT2D eigenvalue weighted by Gasteiger charge is -2.25. The second-order valence-corrected chi connectivity index (χ2v) is 6.85. The van der Waals surface area contributed by atoms with Crippen LogP contribution in [0.3, 0.4) is 0 Å². The van der Waals surface area contributed by atoms with E-state index < -0.39 is 20.2 Å². The van der Waals surface area contributed by atoms with E-state index in [0.29, 0.717) is 18.7 Å². The van der Waals surface area contributed by atoms with Gasteiger partial charge in [-0.1, -0.05) is 6.92 Å². The van der Waals surface area contributed by atoms with Crippen molar-refractivity contribution < 1.29 is 13.3 Å². The molecule has 0 fully saturated rings. The molecule has 0 radical (unpaired) electrons. The molecular formula is C12H18N2O4S. The van der Waals surface area contributed by atoms with Gasteiger partial charge in [-0.15, -0.1) is 0 Å². The molecule has 0 saturated heterocycles. The maximum Gasteiger partial charge on any atom is 0.269 e. The highest BCUT2D eigenvalue weighted by atomic mass is 32.2. The summed E-state index contributed by atoms with van der Waals surface area (Å²) in [5, 5.41) is 10.1. The number of nitro benzene ring substituents is 1. The first-order valence-corrected chi connectivity index (χ1v) is 7.57. The Morgan fingerprint density at radius 1 is 1.26 bits per heavy atom. The second kappa shape index (κ2) is 6.01. The fourth-order valence-electron chi connectivity index (χ4n) is 1.60. The molecular weight excluding hydrogens is 268 g/mol. The number of rotatable bonds is 6. The fraction of sp³-hybridized carbons (Fsp3) is 0.500. The molecule has 0 atom stereocenters. The van der Waals surface area contributed by atoms with Gasteiger partial charge in [0.2, 0.25) is 10.0 Å². The lowest BCUT2D eigenvalue weighted by Crippen LogP contribution is -2.37. The third kappa shape index (κ3) is 3.44. The number of nitro groups is 1. The van der Waals surface area contributed by atoms with Gasteiger partial charge in [-0.05, 0) is 32.4 Å². The van der Waals surface area contributed by atoms with E-state index in [2.05, 4.69) is 0 Å². The van der Waals surface area contributed by atoms with Crippen molar-refractivity contribution in [2.75, 3.05) is 10.8 Å². The standard InChI is InChI=1S/C12H18N2O4S/c1-4-9-13(19(17,18)10(2)3)11-5-7-12(8-6-11)14(15)16/h5-8,10H,4,9H2,1-3H3. The van der Waals surface area contributed by atoms with Gasteiger partial charge >= 0.3 is 0 Å². The highest BCUT2D eigenvalue weighted by Crippen LogP contribution is 2.24. The van der Waals surface area contributed by atoms with Crippen molar-refractivity contribution in [1.82, 2.24) is 0 Å². The van der Waals surface area contributed by atoms with Gasteiger partial charge in [0.05, 0.1) is 15.9 Å². The van der Waals surface area contributed by atoms with Crippen molar-refractivity contribution in [3.8, 4) is 0 Å². The molecule has 0 aromatic heterocycles. The average Bonchev–Trinajstić information content (AvgIpc) is 2.35. The summed E-state index contributed by atoms with van der Waals surface area (Å²) >= 11 is 0. The second-order valence-electron chi connectivity index (χ2n) is 4.44. The first-order valence-electron chi connectivity index (χ1n) is 6.06. The van der Waals surface area contributed by atoms with Crippen molar-refractivity contribution in [3.05, 3.63) is 34.4 Å². The Morgan fingerprint density at radius 3 is 2.16 bits per heavy atom. The molecule has 7 heteroatoms. The van der Waals surface area contributed by atoms with Crippen LogP contribution in [0.1, 0.15) is 27.2 Å². The van der Waals surface area contributed by atoms with Crippen LogP contribution in [0.5, 0.6) is 0 Å². The lowest BCUT2D eigenvalue weighted by molar-refractivity contribution is -0.384. The molecule has 0 bridgehead atoms. The Labute approximate surface area is 113 Å². The SMILES string of the molecule is CCCN(c1ccc([N+](=O)[O-])cc1)S(=O)(=O)C(C)C. The van der Waals surface area contributed by atoms with E-state index in [9.17, 15) is 18.5 Å². The normalized spacial score (nSPS) is 11.6. The molecule has 0 aliphatic rings. The minimum atomic E-state index is -3.42. The molecule has 6 nitrogen and oxygen atoms in total. The van der Waals surface area contributed by atoms with Gasteiger partial charge in [-0.25, -0.2) is 8.42 Å². The molecule has 1 aromatic carbocycles. The Kier molecular flexibility index (Phi) is 4.88. The van der Waals surface area contributed by atoms with E-state index in [1.807, 2.05) is 6.92 Å². The monoisotopic (exact) mass is 286 g/mol. The Balaban J connectivity index is 3.17. The topological polar surface area (TPSA) is 80.5 Å². The smallest absolute Gasteiger partial charge is 0.269 e. The highest BCUT2D eigenvalue weighted by molar-refractivity contribution is 7.93. The quantitative estimate of drug-likeness (QED) is 0.594. The summed E-state index contributed by atoms with van der Waals surface area (Å²) in [6.07, 6.45) is 0.670. The zero-order chi connectivity index (χ0) is 14.6.